The van der Waals surface area contributed by atoms with E-state index in [1.54, 1.807) is 17.0 Å². The predicted molar refractivity (Wildman–Crippen MR) is 116 cm³/mol. The molecule has 2 saturated heterocycles. The van der Waals surface area contributed by atoms with Crippen molar-refractivity contribution in [2.24, 2.45) is 5.92 Å². The van der Waals surface area contributed by atoms with Gasteiger partial charge in [0.05, 0.1) is 5.92 Å². The van der Waals surface area contributed by atoms with E-state index in [4.69, 9.17) is 0 Å². The summed E-state index contributed by atoms with van der Waals surface area (Å²) in [5, 5.41) is 2.81. The molecule has 0 radical (unpaired) electrons. The molecule has 2 aromatic rings. The summed E-state index contributed by atoms with van der Waals surface area (Å²) in [6.07, 6.45) is 4.41. The monoisotopic (exact) mass is 462 g/mol. The second-order valence-electron chi connectivity index (χ2n) is 8.29. The van der Waals surface area contributed by atoms with Crippen molar-refractivity contribution in [2.75, 3.05) is 26.2 Å². The number of hydrogen-bond acceptors (Lipinski definition) is 4. The number of nitrogens with zero attached hydrogens (tertiary/aromatic N) is 2. The number of carbonyl (C=O) groups is 2. The fourth-order valence-electron chi connectivity index (χ4n) is 4.20. The van der Waals surface area contributed by atoms with Crippen LogP contribution in [-0.2, 0) is 21.4 Å². The molecule has 0 spiro atoms. The van der Waals surface area contributed by atoms with Crippen LogP contribution in [0.25, 0.3) is 0 Å². The first-order valence-electron chi connectivity index (χ1n) is 10.8. The summed E-state index contributed by atoms with van der Waals surface area (Å²) in [5.41, 5.74) is 1.03. The number of H-pyrrole nitrogens is 1. The second-order valence-corrected chi connectivity index (χ2v) is 10.2. The van der Waals surface area contributed by atoms with Gasteiger partial charge in [-0.25, -0.2) is 12.8 Å². The van der Waals surface area contributed by atoms with E-state index < -0.39 is 15.9 Å². The molecule has 2 fully saturated rings. The normalized spacial score (nSPS) is 19.8. The maximum absolute atomic E-state index is 13.1. The molecule has 0 bridgehead atoms. The highest BCUT2D eigenvalue weighted by atomic mass is 32.2. The zero-order valence-corrected chi connectivity index (χ0v) is 18.5. The standard InChI is InChI=1S/C22H27FN4O4S/c23-18-7-5-16(6-8-18)13-25-21(28)17-4-3-11-27(15-17)32(30,31)19-12-20(24-14-19)22(29)26-9-1-2-10-26/h5-8,12,14,17,24H,1-4,9-11,13,15H2,(H,25,28)/t17-/m0/s1. The Morgan fingerprint density at radius 2 is 1.81 bits per heavy atom. The van der Waals surface area contributed by atoms with Crippen molar-refractivity contribution < 1.29 is 22.4 Å². The van der Waals surface area contributed by atoms with Crippen LogP contribution in [0.3, 0.4) is 0 Å². The molecule has 1 aromatic heterocycles. The molecule has 4 rings (SSSR count). The molecule has 32 heavy (non-hydrogen) atoms. The SMILES string of the molecule is O=C(NCc1ccc(F)cc1)[C@H]1CCCN(S(=O)(=O)c2c[nH]c(C(=O)N3CCCC3)c2)C1. The molecule has 3 heterocycles. The summed E-state index contributed by atoms with van der Waals surface area (Å²) in [6, 6.07) is 7.24. The number of aromatic amines is 1. The quantitative estimate of drug-likeness (QED) is 0.686. The minimum atomic E-state index is -3.83. The molecule has 2 N–H and O–H groups in total. The zero-order valence-electron chi connectivity index (χ0n) is 17.7. The van der Waals surface area contributed by atoms with Crippen LogP contribution in [0.15, 0.2) is 41.4 Å². The minimum absolute atomic E-state index is 0.0346. The van der Waals surface area contributed by atoms with E-state index in [2.05, 4.69) is 10.3 Å². The number of aromatic nitrogens is 1. The Morgan fingerprint density at radius 1 is 1.09 bits per heavy atom. The van der Waals surface area contributed by atoms with Gasteiger partial charge >= 0.3 is 0 Å². The van der Waals surface area contributed by atoms with E-state index in [9.17, 15) is 22.4 Å². The van der Waals surface area contributed by atoms with Gasteiger partial charge in [-0.1, -0.05) is 12.1 Å². The first-order chi connectivity index (χ1) is 15.3. The van der Waals surface area contributed by atoms with Crippen molar-refractivity contribution in [3.8, 4) is 0 Å². The molecular formula is C22H27FN4O4S. The Bertz CT molecular complexity index is 1080. The van der Waals surface area contributed by atoms with Gasteiger partial charge in [-0.05, 0) is 49.4 Å². The molecule has 0 unspecified atom stereocenters. The third-order valence-corrected chi connectivity index (χ3v) is 7.90. The van der Waals surface area contributed by atoms with Crippen LogP contribution in [0.2, 0.25) is 0 Å². The highest BCUT2D eigenvalue weighted by molar-refractivity contribution is 7.89. The molecule has 2 aliphatic rings. The average molecular weight is 463 g/mol. The first-order valence-corrected chi connectivity index (χ1v) is 12.3. The lowest BCUT2D eigenvalue weighted by atomic mass is 9.99. The van der Waals surface area contributed by atoms with Gasteiger partial charge < -0.3 is 15.2 Å². The average Bonchev–Trinajstić information content (AvgIpc) is 3.51. The van der Waals surface area contributed by atoms with Crippen LogP contribution in [-0.4, -0.2) is 60.6 Å². The van der Waals surface area contributed by atoms with Crippen LogP contribution < -0.4 is 5.32 Å². The van der Waals surface area contributed by atoms with Crippen LogP contribution in [0.1, 0.15) is 41.7 Å². The number of benzene rings is 1. The zero-order chi connectivity index (χ0) is 22.7. The van der Waals surface area contributed by atoms with Gasteiger partial charge in [0.2, 0.25) is 15.9 Å². The maximum Gasteiger partial charge on any atom is 0.270 e. The number of sulfonamides is 1. The lowest BCUT2D eigenvalue weighted by Gasteiger charge is -2.31. The molecule has 10 heteroatoms. The molecular weight excluding hydrogens is 435 g/mol. The summed E-state index contributed by atoms with van der Waals surface area (Å²) >= 11 is 0. The summed E-state index contributed by atoms with van der Waals surface area (Å²) in [7, 11) is -3.83. The molecule has 1 aromatic carbocycles. The molecule has 172 valence electrons. The molecule has 2 aliphatic heterocycles. The van der Waals surface area contributed by atoms with Crippen LogP contribution >= 0.6 is 0 Å². The molecule has 1 atom stereocenters. The molecule has 0 saturated carbocycles. The lowest BCUT2D eigenvalue weighted by Crippen LogP contribution is -2.45. The van der Waals surface area contributed by atoms with Crippen molar-refractivity contribution in [2.45, 2.75) is 37.1 Å². The predicted octanol–water partition coefficient (Wildman–Crippen LogP) is 2.11. The van der Waals surface area contributed by atoms with Crippen molar-refractivity contribution in [1.29, 1.82) is 0 Å². The Labute approximate surface area is 186 Å². The topological polar surface area (TPSA) is 103 Å². The molecule has 8 nitrogen and oxygen atoms in total. The van der Waals surface area contributed by atoms with Gasteiger partial charge in [0.25, 0.3) is 5.91 Å². The van der Waals surface area contributed by atoms with Crippen molar-refractivity contribution in [3.63, 3.8) is 0 Å². The van der Waals surface area contributed by atoms with E-state index in [0.29, 0.717) is 32.5 Å². The number of piperidine rings is 1. The Hall–Kier alpha value is -2.72. The second kappa shape index (κ2) is 9.41. The first kappa shape index (κ1) is 22.5. The van der Waals surface area contributed by atoms with Gasteiger partial charge in [-0.3, -0.25) is 9.59 Å². The van der Waals surface area contributed by atoms with Crippen molar-refractivity contribution >= 4 is 21.8 Å². The number of rotatable bonds is 6. The highest BCUT2D eigenvalue weighted by Crippen LogP contribution is 2.25. The number of amides is 2. The van der Waals surface area contributed by atoms with Crippen LogP contribution in [0.4, 0.5) is 4.39 Å². The van der Waals surface area contributed by atoms with E-state index in [1.807, 2.05) is 0 Å². The van der Waals surface area contributed by atoms with E-state index in [1.165, 1.54) is 28.7 Å². The fourth-order valence-corrected chi connectivity index (χ4v) is 5.72. The van der Waals surface area contributed by atoms with Gasteiger partial charge in [0.1, 0.15) is 16.4 Å². The number of halogens is 1. The van der Waals surface area contributed by atoms with Gasteiger partial charge in [0, 0.05) is 38.9 Å². The van der Waals surface area contributed by atoms with Gasteiger partial charge in [-0.15, -0.1) is 0 Å². The van der Waals surface area contributed by atoms with Gasteiger partial charge in [-0.2, -0.15) is 4.31 Å². The van der Waals surface area contributed by atoms with Crippen LogP contribution in [0.5, 0.6) is 0 Å². The summed E-state index contributed by atoms with van der Waals surface area (Å²) in [5.74, 6) is -1.24. The molecule has 0 aliphatic carbocycles. The van der Waals surface area contributed by atoms with E-state index >= 15 is 0 Å². The number of likely N-dealkylation sites (tertiary alicyclic amines) is 1. The number of nitrogens with one attached hydrogen (secondary N) is 2. The number of hydrogen-bond donors (Lipinski definition) is 2. The smallest absolute Gasteiger partial charge is 0.270 e. The lowest BCUT2D eigenvalue weighted by molar-refractivity contribution is -0.126. The minimum Gasteiger partial charge on any atom is -0.356 e. The van der Waals surface area contributed by atoms with Crippen LogP contribution in [0, 0.1) is 11.7 Å². The maximum atomic E-state index is 13.1. The third-order valence-electron chi connectivity index (χ3n) is 6.05. The Balaban J connectivity index is 1.39. The van der Waals surface area contributed by atoms with Gasteiger partial charge in [0.15, 0.2) is 0 Å². The summed E-state index contributed by atoms with van der Waals surface area (Å²) in [6.45, 7) is 2.02. The summed E-state index contributed by atoms with van der Waals surface area (Å²) in [4.78, 5) is 29.7. The molecule has 2 amide bonds. The Kier molecular flexibility index (Phi) is 6.61. The Morgan fingerprint density at radius 3 is 2.53 bits per heavy atom. The van der Waals surface area contributed by atoms with E-state index in [0.717, 1.165) is 18.4 Å². The summed E-state index contributed by atoms with van der Waals surface area (Å²) < 4.78 is 40.6. The fraction of sp³-hybridized carbons (Fsp3) is 0.455. The largest absolute Gasteiger partial charge is 0.356 e. The number of carbonyl (C=O) groups excluding carboxylic acids is 2. The van der Waals surface area contributed by atoms with Crippen molar-refractivity contribution in [1.82, 2.24) is 19.5 Å². The highest BCUT2D eigenvalue weighted by Gasteiger charge is 2.34. The third kappa shape index (κ3) is 4.86. The van der Waals surface area contributed by atoms with E-state index in [-0.39, 0.29) is 41.3 Å². The van der Waals surface area contributed by atoms with Crippen molar-refractivity contribution in [3.05, 3.63) is 53.6 Å².